The van der Waals surface area contributed by atoms with Crippen LogP contribution in [0.15, 0.2) is 22.7 Å². The summed E-state index contributed by atoms with van der Waals surface area (Å²) in [6.07, 6.45) is 3.46. The van der Waals surface area contributed by atoms with E-state index in [2.05, 4.69) is 40.7 Å². The molecule has 0 atom stereocenters. The van der Waals surface area contributed by atoms with E-state index >= 15 is 0 Å². The summed E-state index contributed by atoms with van der Waals surface area (Å²) in [5.41, 5.74) is 1.87. The van der Waals surface area contributed by atoms with Gasteiger partial charge in [-0.3, -0.25) is 4.79 Å². The Labute approximate surface area is 111 Å². The van der Waals surface area contributed by atoms with E-state index in [-0.39, 0.29) is 0 Å². The Bertz CT molecular complexity index is 413. The molecule has 1 aromatic carbocycles. The van der Waals surface area contributed by atoms with Gasteiger partial charge < -0.3 is 4.90 Å². The van der Waals surface area contributed by atoms with Crippen molar-refractivity contribution in [1.29, 1.82) is 0 Å². The second kappa shape index (κ2) is 5.21. The number of nitrogens with zero attached hydrogens (tertiary/aromatic N) is 1. The molecule has 1 saturated carbocycles. The third-order valence-electron chi connectivity index (χ3n) is 2.98. The molecule has 0 N–H and O–H groups in total. The van der Waals surface area contributed by atoms with Crippen LogP contribution in [0, 0.1) is 5.92 Å². The maximum absolute atomic E-state index is 11.2. The third kappa shape index (κ3) is 3.09. The van der Waals surface area contributed by atoms with Gasteiger partial charge in [-0.2, -0.15) is 0 Å². The van der Waals surface area contributed by atoms with Crippen LogP contribution in [0.4, 0.5) is 5.69 Å². The highest BCUT2D eigenvalue weighted by Crippen LogP contribution is 2.34. The largest absolute Gasteiger partial charge is 0.368 e. The van der Waals surface area contributed by atoms with E-state index in [1.807, 2.05) is 12.1 Å². The highest BCUT2D eigenvalue weighted by atomic mass is 79.9. The van der Waals surface area contributed by atoms with Gasteiger partial charge in [0.15, 0.2) is 6.29 Å². The van der Waals surface area contributed by atoms with Crippen molar-refractivity contribution >= 4 is 27.9 Å². The Morgan fingerprint density at radius 3 is 2.71 bits per heavy atom. The molecule has 2 nitrogen and oxygen atoms in total. The predicted molar refractivity (Wildman–Crippen MR) is 74.7 cm³/mol. The lowest BCUT2D eigenvalue weighted by atomic mass is 10.1. The van der Waals surface area contributed by atoms with Gasteiger partial charge >= 0.3 is 0 Å². The molecule has 0 aromatic heterocycles. The average molecular weight is 296 g/mol. The van der Waals surface area contributed by atoms with Crippen LogP contribution in [0.3, 0.4) is 0 Å². The molecule has 1 aliphatic carbocycles. The Kier molecular flexibility index (Phi) is 3.87. The molecule has 0 unspecified atom stereocenters. The van der Waals surface area contributed by atoms with Gasteiger partial charge in [0.05, 0.1) is 0 Å². The zero-order valence-corrected chi connectivity index (χ0v) is 11.9. The third-order valence-corrected chi connectivity index (χ3v) is 3.47. The molecule has 0 bridgehead atoms. The number of halogens is 1. The summed E-state index contributed by atoms with van der Waals surface area (Å²) in [6.45, 7) is 5.46. The summed E-state index contributed by atoms with van der Waals surface area (Å²) in [5.74, 6) is 0.610. The SMILES string of the molecule is CC(C)CN(c1ccc(Br)cc1C=O)C1CC1. The quantitative estimate of drug-likeness (QED) is 0.768. The average Bonchev–Trinajstić information content (AvgIpc) is 3.09. The molecule has 0 saturated heterocycles. The first kappa shape index (κ1) is 12.6. The van der Waals surface area contributed by atoms with Crippen molar-refractivity contribution in [1.82, 2.24) is 0 Å². The van der Waals surface area contributed by atoms with Crippen LogP contribution in [0.5, 0.6) is 0 Å². The Morgan fingerprint density at radius 2 is 2.18 bits per heavy atom. The fraction of sp³-hybridized carbons (Fsp3) is 0.500. The van der Waals surface area contributed by atoms with Gasteiger partial charge in [0, 0.05) is 28.3 Å². The minimum absolute atomic E-state index is 0.610. The van der Waals surface area contributed by atoms with Crippen molar-refractivity contribution in [3.05, 3.63) is 28.2 Å². The first-order valence-electron chi connectivity index (χ1n) is 6.13. The van der Waals surface area contributed by atoms with Crippen LogP contribution >= 0.6 is 15.9 Å². The number of benzene rings is 1. The number of anilines is 1. The van der Waals surface area contributed by atoms with Crippen molar-refractivity contribution in [3.63, 3.8) is 0 Å². The summed E-state index contributed by atoms with van der Waals surface area (Å²) in [7, 11) is 0. The second-order valence-electron chi connectivity index (χ2n) is 5.10. The standard InChI is InChI=1S/C14H18BrNO/c1-10(2)8-16(13-4-5-13)14-6-3-12(15)7-11(14)9-17/h3,6-7,9-10,13H,4-5,8H2,1-2H3. The highest BCUT2D eigenvalue weighted by molar-refractivity contribution is 9.10. The van der Waals surface area contributed by atoms with Crippen LogP contribution in [0.25, 0.3) is 0 Å². The zero-order valence-electron chi connectivity index (χ0n) is 10.3. The topological polar surface area (TPSA) is 20.3 Å². The van der Waals surface area contributed by atoms with E-state index < -0.39 is 0 Å². The molecule has 0 amide bonds. The molecule has 0 aliphatic heterocycles. The number of carbonyl (C=O) groups is 1. The number of hydrogen-bond donors (Lipinski definition) is 0. The molecule has 1 fully saturated rings. The molecule has 0 radical (unpaired) electrons. The Morgan fingerprint density at radius 1 is 1.47 bits per heavy atom. The van der Waals surface area contributed by atoms with Crippen molar-refractivity contribution < 1.29 is 4.79 Å². The fourth-order valence-electron chi connectivity index (χ4n) is 2.11. The van der Waals surface area contributed by atoms with Gasteiger partial charge in [-0.25, -0.2) is 0 Å². The maximum atomic E-state index is 11.2. The lowest BCUT2D eigenvalue weighted by Gasteiger charge is -2.28. The molecule has 0 heterocycles. The predicted octanol–water partition coefficient (Wildman–Crippen LogP) is 3.89. The van der Waals surface area contributed by atoms with E-state index in [0.717, 1.165) is 28.6 Å². The van der Waals surface area contributed by atoms with Gasteiger partial charge in [-0.1, -0.05) is 29.8 Å². The van der Waals surface area contributed by atoms with Gasteiger partial charge in [-0.05, 0) is 37.0 Å². The summed E-state index contributed by atoms with van der Waals surface area (Å²) in [5, 5.41) is 0. The van der Waals surface area contributed by atoms with Crippen LogP contribution in [0.1, 0.15) is 37.0 Å². The van der Waals surface area contributed by atoms with E-state index in [4.69, 9.17) is 0 Å². The van der Waals surface area contributed by atoms with Crippen LogP contribution in [-0.2, 0) is 0 Å². The van der Waals surface area contributed by atoms with E-state index in [1.165, 1.54) is 12.8 Å². The first-order valence-corrected chi connectivity index (χ1v) is 6.92. The van der Waals surface area contributed by atoms with Crippen molar-refractivity contribution in [3.8, 4) is 0 Å². The fourth-order valence-corrected chi connectivity index (χ4v) is 2.48. The smallest absolute Gasteiger partial charge is 0.152 e. The number of carbonyl (C=O) groups excluding carboxylic acids is 1. The summed E-state index contributed by atoms with van der Waals surface area (Å²) < 4.78 is 0.962. The Balaban J connectivity index is 2.31. The molecular formula is C14H18BrNO. The number of aldehydes is 1. The summed E-state index contributed by atoms with van der Waals surface area (Å²) >= 11 is 3.41. The maximum Gasteiger partial charge on any atom is 0.152 e. The molecule has 0 spiro atoms. The summed E-state index contributed by atoms with van der Waals surface area (Å²) in [6, 6.07) is 6.60. The van der Waals surface area contributed by atoms with Gasteiger partial charge in [0.1, 0.15) is 0 Å². The molecule has 17 heavy (non-hydrogen) atoms. The summed E-state index contributed by atoms with van der Waals surface area (Å²) in [4.78, 5) is 13.6. The molecule has 2 rings (SSSR count). The lowest BCUT2D eigenvalue weighted by Crippen LogP contribution is -2.30. The van der Waals surface area contributed by atoms with E-state index in [0.29, 0.717) is 12.0 Å². The molecule has 3 heteroatoms. The van der Waals surface area contributed by atoms with Crippen molar-refractivity contribution in [2.24, 2.45) is 5.92 Å². The molecule has 92 valence electrons. The Hall–Kier alpha value is -0.830. The van der Waals surface area contributed by atoms with E-state index in [9.17, 15) is 4.79 Å². The minimum atomic E-state index is 0.610. The zero-order chi connectivity index (χ0) is 12.4. The van der Waals surface area contributed by atoms with Crippen LogP contribution < -0.4 is 4.90 Å². The van der Waals surface area contributed by atoms with Gasteiger partial charge in [-0.15, -0.1) is 0 Å². The van der Waals surface area contributed by atoms with Crippen LogP contribution in [-0.4, -0.2) is 18.9 Å². The van der Waals surface area contributed by atoms with Gasteiger partial charge in [0.2, 0.25) is 0 Å². The number of hydrogen-bond acceptors (Lipinski definition) is 2. The van der Waals surface area contributed by atoms with Crippen molar-refractivity contribution in [2.45, 2.75) is 32.7 Å². The molecule has 1 aromatic rings. The highest BCUT2D eigenvalue weighted by Gasteiger charge is 2.30. The first-order chi connectivity index (χ1) is 8.11. The normalized spacial score (nSPS) is 15.1. The van der Waals surface area contributed by atoms with E-state index in [1.54, 1.807) is 0 Å². The monoisotopic (exact) mass is 295 g/mol. The molecule has 1 aliphatic rings. The number of rotatable bonds is 5. The van der Waals surface area contributed by atoms with Gasteiger partial charge in [0.25, 0.3) is 0 Å². The van der Waals surface area contributed by atoms with Crippen molar-refractivity contribution in [2.75, 3.05) is 11.4 Å². The molecular weight excluding hydrogens is 278 g/mol. The second-order valence-corrected chi connectivity index (χ2v) is 6.01. The minimum Gasteiger partial charge on any atom is -0.368 e. The lowest BCUT2D eigenvalue weighted by molar-refractivity contribution is 0.112. The van der Waals surface area contributed by atoms with Crippen LogP contribution in [0.2, 0.25) is 0 Å².